The molecule has 0 atom stereocenters. The second-order valence-corrected chi connectivity index (χ2v) is 4.66. The molecule has 1 aromatic carbocycles. The monoisotopic (exact) mass is 249 g/mol. The van der Waals surface area contributed by atoms with Gasteiger partial charge in [-0.2, -0.15) is 0 Å². The van der Waals surface area contributed by atoms with E-state index in [0.29, 0.717) is 13.1 Å². The number of likely N-dealkylation sites (N-methyl/N-ethyl adjacent to an activating group) is 1. The van der Waals surface area contributed by atoms with Crippen molar-refractivity contribution in [3.63, 3.8) is 0 Å². The third-order valence-electron chi connectivity index (χ3n) is 2.79. The van der Waals surface area contributed by atoms with E-state index in [9.17, 15) is 4.79 Å². The van der Waals surface area contributed by atoms with Crippen LogP contribution in [-0.2, 0) is 6.42 Å². The van der Waals surface area contributed by atoms with Crippen molar-refractivity contribution < 1.29 is 4.79 Å². The van der Waals surface area contributed by atoms with Crippen molar-refractivity contribution in [3.05, 3.63) is 35.4 Å². The molecule has 0 aliphatic heterocycles. The predicted molar refractivity (Wildman–Crippen MR) is 74.8 cm³/mol. The molecule has 0 aliphatic rings. The van der Waals surface area contributed by atoms with Gasteiger partial charge in [0.25, 0.3) is 0 Å². The number of aryl methyl sites for hydroxylation is 1. The van der Waals surface area contributed by atoms with E-state index >= 15 is 0 Å². The second kappa shape index (κ2) is 7.71. The molecule has 1 aromatic rings. The van der Waals surface area contributed by atoms with Gasteiger partial charge in [-0.25, -0.2) is 4.79 Å². The summed E-state index contributed by atoms with van der Waals surface area (Å²) in [4.78, 5) is 13.5. The fourth-order valence-electron chi connectivity index (χ4n) is 1.66. The van der Waals surface area contributed by atoms with E-state index in [-0.39, 0.29) is 6.03 Å². The van der Waals surface area contributed by atoms with E-state index in [4.69, 9.17) is 0 Å². The van der Waals surface area contributed by atoms with Gasteiger partial charge in [-0.15, -0.1) is 0 Å². The van der Waals surface area contributed by atoms with Crippen LogP contribution in [0.15, 0.2) is 24.3 Å². The summed E-state index contributed by atoms with van der Waals surface area (Å²) in [6.07, 6.45) is 0.869. The molecule has 0 heterocycles. The van der Waals surface area contributed by atoms with Crippen LogP contribution in [0.25, 0.3) is 0 Å². The molecular weight excluding hydrogens is 226 g/mol. The Bertz CT molecular complexity index is 377. The van der Waals surface area contributed by atoms with Gasteiger partial charge in [0.15, 0.2) is 0 Å². The summed E-state index contributed by atoms with van der Waals surface area (Å²) in [5.41, 5.74) is 2.55. The zero-order valence-electron chi connectivity index (χ0n) is 11.5. The standard InChI is InChI=1S/C14H23N3O/c1-12-6-4-5-7-13(12)8-9-15-14(18)16-10-11-17(2)3/h4-7H,8-11H2,1-3H3,(H2,15,16,18). The van der Waals surface area contributed by atoms with Crippen LogP contribution in [-0.4, -0.2) is 44.7 Å². The maximum Gasteiger partial charge on any atom is 0.314 e. The fraction of sp³-hybridized carbons (Fsp3) is 0.500. The van der Waals surface area contributed by atoms with Gasteiger partial charge in [0.1, 0.15) is 0 Å². The maximum absolute atomic E-state index is 11.5. The van der Waals surface area contributed by atoms with E-state index in [2.05, 4.69) is 29.7 Å². The van der Waals surface area contributed by atoms with Gasteiger partial charge in [0.05, 0.1) is 0 Å². The molecule has 1 rings (SSSR count). The molecule has 0 fully saturated rings. The Morgan fingerprint density at radius 3 is 2.50 bits per heavy atom. The first-order chi connectivity index (χ1) is 8.59. The minimum Gasteiger partial charge on any atom is -0.338 e. The summed E-state index contributed by atoms with van der Waals surface area (Å²) in [5, 5.41) is 5.69. The van der Waals surface area contributed by atoms with Crippen LogP contribution < -0.4 is 10.6 Å². The molecule has 2 N–H and O–H groups in total. The van der Waals surface area contributed by atoms with E-state index in [0.717, 1.165) is 13.0 Å². The molecule has 0 radical (unpaired) electrons. The lowest BCUT2D eigenvalue weighted by molar-refractivity contribution is 0.239. The number of nitrogens with one attached hydrogen (secondary N) is 2. The van der Waals surface area contributed by atoms with Gasteiger partial charge in [0, 0.05) is 19.6 Å². The van der Waals surface area contributed by atoms with Crippen molar-refractivity contribution in [2.75, 3.05) is 33.7 Å². The molecule has 0 aromatic heterocycles. The lowest BCUT2D eigenvalue weighted by Crippen LogP contribution is -2.39. The van der Waals surface area contributed by atoms with Gasteiger partial charge in [-0.3, -0.25) is 0 Å². The van der Waals surface area contributed by atoms with Gasteiger partial charge >= 0.3 is 6.03 Å². The van der Waals surface area contributed by atoms with Crippen molar-refractivity contribution in [3.8, 4) is 0 Å². The average Bonchev–Trinajstić information content (AvgIpc) is 2.31. The number of rotatable bonds is 6. The van der Waals surface area contributed by atoms with Gasteiger partial charge in [-0.1, -0.05) is 24.3 Å². The summed E-state index contributed by atoms with van der Waals surface area (Å²) in [6, 6.07) is 8.15. The highest BCUT2D eigenvalue weighted by molar-refractivity contribution is 5.73. The summed E-state index contributed by atoms with van der Waals surface area (Å²) >= 11 is 0. The maximum atomic E-state index is 11.5. The Hall–Kier alpha value is -1.55. The molecule has 0 unspecified atom stereocenters. The zero-order chi connectivity index (χ0) is 13.4. The summed E-state index contributed by atoms with van der Waals surface area (Å²) in [5.74, 6) is 0. The Balaban J connectivity index is 2.18. The number of nitrogens with zero attached hydrogens (tertiary/aromatic N) is 1. The quantitative estimate of drug-likeness (QED) is 0.800. The third kappa shape index (κ3) is 5.68. The molecule has 2 amide bonds. The lowest BCUT2D eigenvalue weighted by atomic mass is 10.1. The number of hydrogen-bond acceptors (Lipinski definition) is 2. The highest BCUT2D eigenvalue weighted by Crippen LogP contribution is 2.06. The molecule has 0 aliphatic carbocycles. The molecule has 100 valence electrons. The largest absolute Gasteiger partial charge is 0.338 e. The van der Waals surface area contributed by atoms with E-state index in [1.54, 1.807) is 0 Å². The minimum absolute atomic E-state index is 0.0922. The van der Waals surface area contributed by atoms with Crippen LogP contribution in [0.2, 0.25) is 0 Å². The highest BCUT2D eigenvalue weighted by atomic mass is 16.2. The first-order valence-electron chi connectivity index (χ1n) is 6.30. The third-order valence-corrected chi connectivity index (χ3v) is 2.79. The van der Waals surface area contributed by atoms with Crippen molar-refractivity contribution in [1.82, 2.24) is 15.5 Å². The fourth-order valence-corrected chi connectivity index (χ4v) is 1.66. The minimum atomic E-state index is -0.0922. The molecule has 4 heteroatoms. The molecule has 18 heavy (non-hydrogen) atoms. The van der Waals surface area contributed by atoms with Gasteiger partial charge in [0.2, 0.25) is 0 Å². The zero-order valence-corrected chi connectivity index (χ0v) is 11.5. The van der Waals surface area contributed by atoms with Crippen LogP contribution in [0.1, 0.15) is 11.1 Å². The average molecular weight is 249 g/mol. The Morgan fingerprint density at radius 1 is 1.17 bits per heavy atom. The smallest absolute Gasteiger partial charge is 0.314 e. The molecule has 0 bridgehead atoms. The molecule has 4 nitrogen and oxygen atoms in total. The first kappa shape index (κ1) is 14.5. The molecule has 0 saturated carbocycles. The summed E-state index contributed by atoms with van der Waals surface area (Å²) < 4.78 is 0. The summed E-state index contributed by atoms with van der Waals surface area (Å²) in [6.45, 7) is 4.28. The van der Waals surface area contributed by atoms with E-state index in [1.807, 2.05) is 31.1 Å². The Kier molecular flexibility index (Phi) is 6.22. The predicted octanol–water partition coefficient (Wildman–Crippen LogP) is 1.40. The van der Waals surface area contributed by atoms with Crippen LogP contribution in [0, 0.1) is 6.92 Å². The van der Waals surface area contributed by atoms with Crippen LogP contribution >= 0.6 is 0 Å². The van der Waals surface area contributed by atoms with Crippen molar-refractivity contribution >= 4 is 6.03 Å². The Labute approximate surface area is 109 Å². The number of carbonyl (C=O) groups is 1. The van der Waals surface area contributed by atoms with Crippen LogP contribution in [0.4, 0.5) is 4.79 Å². The van der Waals surface area contributed by atoms with E-state index in [1.165, 1.54) is 11.1 Å². The normalized spacial score (nSPS) is 10.4. The van der Waals surface area contributed by atoms with Crippen molar-refractivity contribution in [2.45, 2.75) is 13.3 Å². The Morgan fingerprint density at radius 2 is 1.83 bits per heavy atom. The van der Waals surface area contributed by atoms with Crippen LogP contribution in [0.5, 0.6) is 0 Å². The number of urea groups is 1. The highest BCUT2D eigenvalue weighted by Gasteiger charge is 2.01. The van der Waals surface area contributed by atoms with Gasteiger partial charge in [-0.05, 0) is 38.6 Å². The molecule has 0 spiro atoms. The van der Waals surface area contributed by atoms with E-state index < -0.39 is 0 Å². The van der Waals surface area contributed by atoms with Crippen molar-refractivity contribution in [2.24, 2.45) is 0 Å². The van der Waals surface area contributed by atoms with Gasteiger partial charge < -0.3 is 15.5 Å². The number of hydrogen-bond donors (Lipinski definition) is 2. The topological polar surface area (TPSA) is 44.4 Å². The number of benzene rings is 1. The summed E-state index contributed by atoms with van der Waals surface area (Å²) in [7, 11) is 3.97. The van der Waals surface area contributed by atoms with Crippen molar-refractivity contribution in [1.29, 1.82) is 0 Å². The molecule has 0 saturated heterocycles. The molecular formula is C14H23N3O. The second-order valence-electron chi connectivity index (χ2n) is 4.66. The lowest BCUT2D eigenvalue weighted by Gasteiger charge is -2.11. The first-order valence-corrected chi connectivity index (χ1v) is 6.30. The SMILES string of the molecule is Cc1ccccc1CCNC(=O)NCCN(C)C. The number of amides is 2. The number of carbonyl (C=O) groups excluding carboxylic acids is 1. The van der Waals surface area contributed by atoms with Crippen LogP contribution in [0.3, 0.4) is 0 Å².